The molecule has 1 aliphatic rings. The predicted octanol–water partition coefficient (Wildman–Crippen LogP) is 2.90. The lowest BCUT2D eigenvalue weighted by molar-refractivity contribution is 0.0926. The quantitative estimate of drug-likeness (QED) is 0.748. The van der Waals surface area contributed by atoms with Crippen molar-refractivity contribution in [3.63, 3.8) is 0 Å². The molecule has 0 bridgehead atoms. The topological polar surface area (TPSA) is 87.2 Å². The second kappa shape index (κ2) is 8.82. The highest BCUT2D eigenvalue weighted by molar-refractivity contribution is 5.99. The first kappa shape index (κ1) is 19.8. The number of nitrogens with zero attached hydrogens (tertiary/aromatic N) is 3. The Labute approximate surface area is 165 Å². The van der Waals surface area contributed by atoms with Crippen molar-refractivity contribution in [2.45, 2.75) is 44.7 Å². The Hall–Kier alpha value is -2.96. The van der Waals surface area contributed by atoms with Crippen LogP contribution in [0.1, 0.15) is 53.3 Å². The zero-order valence-corrected chi connectivity index (χ0v) is 16.6. The number of benzene rings is 1. The van der Waals surface area contributed by atoms with Crippen molar-refractivity contribution in [1.82, 2.24) is 15.3 Å². The van der Waals surface area contributed by atoms with E-state index in [-0.39, 0.29) is 17.7 Å². The molecule has 28 heavy (non-hydrogen) atoms. The first-order chi connectivity index (χ1) is 13.4. The van der Waals surface area contributed by atoms with Gasteiger partial charge in [0.15, 0.2) is 5.78 Å². The highest BCUT2D eigenvalue weighted by atomic mass is 16.1. The number of hydrogen-bond acceptors (Lipinski definition) is 6. The van der Waals surface area contributed by atoms with Crippen LogP contribution >= 0.6 is 0 Å². The van der Waals surface area contributed by atoms with Gasteiger partial charge in [-0.2, -0.15) is 4.98 Å². The molecule has 7 nitrogen and oxygen atoms in total. The zero-order valence-electron chi connectivity index (χ0n) is 16.6. The van der Waals surface area contributed by atoms with Gasteiger partial charge in [0.1, 0.15) is 5.82 Å². The number of nitrogens with one attached hydrogen (secondary N) is 2. The summed E-state index contributed by atoms with van der Waals surface area (Å²) in [5.74, 6) is 1.34. The van der Waals surface area contributed by atoms with E-state index in [1.165, 1.54) is 6.92 Å². The number of rotatable bonds is 6. The zero-order chi connectivity index (χ0) is 20.1. The van der Waals surface area contributed by atoms with E-state index in [1.54, 1.807) is 30.5 Å². The smallest absolute Gasteiger partial charge is 0.251 e. The highest BCUT2D eigenvalue weighted by Crippen LogP contribution is 2.22. The van der Waals surface area contributed by atoms with E-state index >= 15 is 0 Å². The molecule has 2 aromatic rings. The van der Waals surface area contributed by atoms with E-state index < -0.39 is 0 Å². The monoisotopic (exact) mass is 381 g/mol. The average Bonchev–Trinajstić information content (AvgIpc) is 2.69. The van der Waals surface area contributed by atoms with Crippen molar-refractivity contribution < 1.29 is 9.59 Å². The minimum Gasteiger partial charge on any atom is -0.363 e. The third-order valence-electron chi connectivity index (χ3n) is 5.03. The SMILES string of the molecule is CC(=O)c1cccc(C(=O)NC2CCC(Nc3nccc(N(C)C)n3)CC2)c1. The van der Waals surface area contributed by atoms with E-state index in [0.29, 0.717) is 23.1 Å². The average molecular weight is 381 g/mol. The van der Waals surface area contributed by atoms with Gasteiger partial charge < -0.3 is 15.5 Å². The number of amides is 1. The molecule has 0 aliphatic heterocycles. The normalized spacial score (nSPS) is 19.0. The Balaban J connectivity index is 1.51. The van der Waals surface area contributed by atoms with Gasteiger partial charge in [-0.25, -0.2) is 4.98 Å². The molecule has 1 fully saturated rings. The van der Waals surface area contributed by atoms with Crippen LogP contribution in [-0.2, 0) is 0 Å². The molecule has 1 amide bonds. The lowest BCUT2D eigenvalue weighted by Crippen LogP contribution is -2.40. The maximum Gasteiger partial charge on any atom is 0.251 e. The Morgan fingerprint density at radius 3 is 2.39 bits per heavy atom. The molecule has 1 aromatic carbocycles. The molecule has 1 saturated carbocycles. The molecule has 1 aromatic heterocycles. The second-order valence-corrected chi connectivity index (χ2v) is 7.44. The molecule has 148 valence electrons. The number of aromatic nitrogens is 2. The summed E-state index contributed by atoms with van der Waals surface area (Å²) in [6, 6.07) is 9.17. The van der Waals surface area contributed by atoms with Gasteiger partial charge in [0.2, 0.25) is 5.95 Å². The molecule has 0 atom stereocenters. The summed E-state index contributed by atoms with van der Waals surface area (Å²) in [6.07, 6.45) is 5.42. The lowest BCUT2D eigenvalue weighted by atomic mass is 9.91. The lowest BCUT2D eigenvalue weighted by Gasteiger charge is -2.29. The van der Waals surface area contributed by atoms with E-state index in [4.69, 9.17) is 0 Å². The van der Waals surface area contributed by atoms with Gasteiger partial charge in [-0.1, -0.05) is 12.1 Å². The Bertz CT molecular complexity index is 844. The maximum absolute atomic E-state index is 12.5. The van der Waals surface area contributed by atoms with Crippen LogP contribution in [0.25, 0.3) is 0 Å². The standard InChI is InChI=1S/C21H27N5O2/c1-14(27)15-5-4-6-16(13-15)20(28)23-17-7-9-18(10-8-17)24-21-22-12-11-19(25-21)26(2)3/h4-6,11-13,17-18H,7-10H2,1-3H3,(H,23,28)(H,22,24,25). The molecule has 1 heterocycles. The molecule has 2 N–H and O–H groups in total. The summed E-state index contributed by atoms with van der Waals surface area (Å²) in [4.78, 5) is 34.7. The summed E-state index contributed by atoms with van der Waals surface area (Å²) in [5, 5.41) is 6.50. The van der Waals surface area contributed by atoms with Gasteiger partial charge in [-0.3, -0.25) is 9.59 Å². The van der Waals surface area contributed by atoms with Crippen LogP contribution < -0.4 is 15.5 Å². The van der Waals surface area contributed by atoms with Crippen LogP contribution in [0, 0.1) is 0 Å². The van der Waals surface area contributed by atoms with Gasteiger partial charge in [-0.15, -0.1) is 0 Å². The Morgan fingerprint density at radius 1 is 1.04 bits per heavy atom. The minimum absolute atomic E-state index is 0.0400. The Morgan fingerprint density at radius 2 is 1.71 bits per heavy atom. The fraction of sp³-hybridized carbons (Fsp3) is 0.429. The number of anilines is 2. The number of carbonyl (C=O) groups excluding carboxylic acids is 2. The van der Waals surface area contributed by atoms with E-state index in [0.717, 1.165) is 31.5 Å². The van der Waals surface area contributed by atoms with Crippen molar-refractivity contribution in [1.29, 1.82) is 0 Å². The van der Waals surface area contributed by atoms with Gasteiger partial charge in [-0.05, 0) is 50.8 Å². The van der Waals surface area contributed by atoms with Gasteiger partial charge >= 0.3 is 0 Å². The van der Waals surface area contributed by atoms with Gasteiger partial charge in [0, 0.05) is 43.5 Å². The molecule has 0 unspecified atom stereocenters. The van der Waals surface area contributed by atoms with Crippen molar-refractivity contribution in [3.8, 4) is 0 Å². The summed E-state index contributed by atoms with van der Waals surface area (Å²) in [7, 11) is 3.90. The first-order valence-corrected chi connectivity index (χ1v) is 9.61. The predicted molar refractivity (Wildman–Crippen MR) is 110 cm³/mol. The fourth-order valence-corrected chi connectivity index (χ4v) is 3.38. The highest BCUT2D eigenvalue weighted by Gasteiger charge is 2.23. The van der Waals surface area contributed by atoms with Crippen molar-refractivity contribution in [3.05, 3.63) is 47.7 Å². The van der Waals surface area contributed by atoms with Crippen LogP contribution in [0.2, 0.25) is 0 Å². The summed E-state index contributed by atoms with van der Waals surface area (Å²) < 4.78 is 0. The van der Waals surface area contributed by atoms with Crippen LogP contribution in [0.4, 0.5) is 11.8 Å². The third-order valence-corrected chi connectivity index (χ3v) is 5.03. The molecular formula is C21H27N5O2. The molecule has 0 radical (unpaired) electrons. The van der Waals surface area contributed by atoms with Gasteiger partial charge in [0.25, 0.3) is 5.91 Å². The van der Waals surface area contributed by atoms with Crippen molar-refractivity contribution in [2.75, 3.05) is 24.3 Å². The third kappa shape index (κ3) is 5.06. The van der Waals surface area contributed by atoms with Crippen LogP contribution in [0.15, 0.2) is 36.5 Å². The minimum atomic E-state index is -0.124. The molecule has 7 heteroatoms. The number of ketones is 1. The van der Waals surface area contributed by atoms with Crippen molar-refractivity contribution in [2.24, 2.45) is 0 Å². The second-order valence-electron chi connectivity index (χ2n) is 7.44. The summed E-state index contributed by atoms with van der Waals surface area (Å²) >= 11 is 0. The van der Waals surface area contributed by atoms with Crippen molar-refractivity contribution >= 4 is 23.5 Å². The molecule has 0 spiro atoms. The number of carbonyl (C=O) groups is 2. The largest absolute Gasteiger partial charge is 0.363 e. The van der Waals surface area contributed by atoms with Crippen LogP contribution in [0.5, 0.6) is 0 Å². The molecule has 1 aliphatic carbocycles. The van der Waals surface area contributed by atoms with Gasteiger partial charge in [0.05, 0.1) is 0 Å². The fourth-order valence-electron chi connectivity index (χ4n) is 3.38. The van der Waals surface area contributed by atoms with Crippen LogP contribution in [-0.4, -0.2) is 47.8 Å². The van der Waals surface area contributed by atoms with Crippen LogP contribution in [0.3, 0.4) is 0 Å². The first-order valence-electron chi connectivity index (χ1n) is 9.61. The number of Topliss-reactive ketones (excluding diaryl/α,β-unsaturated/α-hetero) is 1. The summed E-state index contributed by atoms with van der Waals surface area (Å²) in [6.45, 7) is 1.50. The molecular weight excluding hydrogens is 354 g/mol. The molecule has 0 saturated heterocycles. The van der Waals surface area contributed by atoms with E-state index in [2.05, 4.69) is 20.6 Å². The summed E-state index contributed by atoms with van der Waals surface area (Å²) in [5.41, 5.74) is 1.09. The number of hydrogen-bond donors (Lipinski definition) is 2. The Kier molecular flexibility index (Phi) is 6.23. The molecule has 3 rings (SSSR count). The maximum atomic E-state index is 12.5. The van der Waals surface area contributed by atoms with E-state index in [9.17, 15) is 9.59 Å². The van der Waals surface area contributed by atoms with E-state index in [1.807, 2.05) is 25.1 Å².